The van der Waals surface area contributed by atoms with E-state index in [1.165, 1.54) is 47.3 Å². The molecule has 0 fully saturated rings. The lowest BCUT2D eigenvalue weighted by atomic mass is 10.2. The van der Waals surface area contributed by atoms with E-state index >= 15 is 0 Å². The first-order chi connectivity index (χ1) is 18.9. The summed E-state index contributed by atoms with van der Waals surface area (Å²) in [4.78, 5) is 24.9. The zero-order chi connectivity index (χ0) is 27.2. The van der Waals surface area contributed by atoms with Gasteiger partial charge < -0.3 is 18.9 Å². The smallest absolute Gasteiger partial charge is 0.253 e. The van der Waals surface area contributed by atoms with Gasteiger partial charge in [-0.2, -0.15) is 10.2 Å². The number of ether oxygens (including phenoxy) is 4. The number of hydrazone groups is 2. The molecule has 0 saturated carbocycles. The molecule has 5 rings (SSSR count). The van der Waals surface area contributed by atoms with Gasteiger partial charge in [-0.15, -0.1) is 10.2 Å². The predicted octanol–water partition coefficient (Wildman–Crippen LogP) is 3.26. The van der Waals surface area contributed by atoms with Crippen LogP contribution in [-0.2, 0) is 9.59 Å². The van der Waals surface area contributed by atoms with Gasteiger partial charge in [-0.05, 0) is 61.4 Å². The predicted molar refractivity (Wildman–Crippen MR) is 147 cm³/mol. The standard InChI is InChI=1S/C24H22N6O6S3/c1-13(21(31)27-25-9-15-3-5-17-19(7-15)35-11-33-17)37-23-29-30-24(39-23)38-14(2)22(32)28-26-10-16-4-6-18-20(8-16)36-12-34-18/h3-10,13-14H,11-12H2,1-2H3,(H,27,31)(H,28,32)/b25-9-,26-10-/t13-,14-/m0/s1. The van der Waals surface area contributed by atoms with Gasteiger partial charge in [0.2, 0.25) is 13.6 Å². The van der Waals surface area contributed by atoms with E-state index in [1.54, 1.807) is 38.1 Å². The molecule has 0 spiro atoms. The van der Waals surface area contributed by atoms with Crippen molar-refractivity contribution in [3.63, 3.8) is 0 Å². The molecule has 39 heavy (non-hydrogen) atoms. The van der Waals surface area contributed by atoms with E-state index in [4.69, 9.17) is 18.9 Å². The first-order valence-electron chi connectivity index (χ1n) is 11.6. The number of benzene rings is 2. The molecule has 0 radical (unpaired) electrons. The van der Waals surface area contributed by atoms with Crippen LogP contribution in [0.5, 0.6) is 23.0 Å². The number of carbonyl (C=O) groups excluding carboxylic acids is 2. The van der Waals surface area contributed by atoms with Gasteiger partial charge in [0.1, 0.15) is 0 Å². The zero-order valence-corrected chi connectivity index (χ0v) is 23.1. The van der Waals surface area contributed by atoms with E-state index in [2.05, 4.69) is 31.3 Å². The van der Waals surface area contributed by atoms with E-state index in [9.17, 15) is 9.59 Å². The Labute approximate surface area is 235 Å². The van der Waals surface area contributed by atoms with Gasteiger partial charge >= 0.3 is 0 Å². The molecule has 2 amide bonds. The summed E-state index contributed by atoms with van der Waals surface area (Å²) in [6.45, 7) is 3.88. The number of amides is 2. The molecule has 12 nitrogen and oxygen atoms in total. The van der Waals surface area contributed by atoms with Crippen LogP contribution in [0, 0.1) is 0 Å². The molecule has 3 heterocycles. The summed E-state index contributed by atoms with van der Waals surface area (Å²) in [5.41, 5.74) is 6.58. The van der Waals surface area contributed by atoms with Gasteiger partial charge in [-0.1, -0.05) is 34.9 Å². The average Bonchev–Trinajstić information content (AvgIpc) is 3.69. The molecule has 202 valence electrons. The molecule has 0 saturated heterocycles. The van der Waals surface area contributed by atoms with Gasteiger partial charge in [-0.25, -0.2) is 10.9 Å². The normalized spacial score (nSPS) is 15.0. The van der Waals surface area contributed by atoms with Crippen LogP contribution in [0.15, 0.2) is 55.3 Å². The number of fused-ring (bicyclic) bond motifs is 2. The zero-order valence-electron chi connectivity index (χ0n) is 20.7. The van der Waals surface area contributed by atoms with Crippen molar-refractivity contribution in [2.45, 2.75) is 33.0 Å². The van der Waals surface area contributed by atoms with E-state index in [-0.39, 0.29) is 25.4 Å². The van der Waals surface area contributed by atoms with Gasteiger partial charge in [0, 0.05) is 0 Å². The summed E-state index contributed by atoms with van der Waals surface area (Å²) in [7, 11) is 0. The molecular weight excluding hydrogens is 565 g/mol. The second-order valence-electron chi connectivity index (χ2n) is 8.05. The van der Waals surface area contributed by atoms with E-state index < -0.39 is 10.5 Å². The number of aromatic nitrogens is 2. The van der Waals surface area contributed by atoms with Crippen molar-refractivity contribution in [2.24, 2.45) is 10.2 Å². The van der Waals surface area contributed by atoms with Crippen LogP contribution in [0.2, 0.25) is 0 Å². The Bertz CT molecular complexity index is 1330. The molecule has 2 aliphatic heterocycles. The van der Waals surface area contributed by atoms with E-state index in [1.807, 2.05) is 12.1 Å². The Morgan fingerprint density at radius 3 is 1.69 bits per heavy atom. The summed E-state index contributed by atoms with van der Waals surface area (Å²) in [5, 5.41) is 15.4. The molecule has 15 heteroatoms. The topological polar surface area (TPSA) is 146 Å². The first-order valence-corrected chi connectivity index (χ1v) is 14.1. The molecule has 0 aliphatic carbocycles. The van der Waals surface area contributed by atoms with Gasteiger partial charge in [-0.3, -0.25) is 9.59 Å². The average molecular weight is 587 g/mol. The van der Waals surface area contributed by atoms with Crippen molar-refractivity contribution >= 4 is 59.1 Å². The Hall–Kier alpha value is -3.82. The minimum atomic E-state index is -0.462. The number of hydrogen-bond acceptors (Lipinski definition) is 13. The highest BCUT2D eigenvalue weighted by molar-refractivity contribution is 8.04. The van der Waals surface area contributed by atoms with Gasteiger partial charge in [0.15, 0.2) is 31.7 Å². The number of nitrogens with zero attached hydrogens (tertiary/aromatic N) is 4. The van der Waals surface area contributed by atoms with E-state index in [0.717, 1.165) is 11.1 Å². The number of carbonyl (C=O) groups is 2. The Balaban J connectivity index is 1.05. The Kier molecular flexibility index (Phi) is 8.48. The fourth-order valence-electron chi connectivity index (χ4n) is 3.21. The largest absolute Gasteiger partial charge is 0.454 e. The quantitative estimate of drug-likeness (QED) is 0.206. The summed E-state index contributed by atoms with van der Waals surface area (Å²) >= 11 is 3.82. The van der Waals surface area contributed by atoms with Crippen molar-refractivity contribution in [3.8, 4) is 23.0 Å². The summed E-state index contributed by atoms with van der Waals surface area (Å²) < 4.78 is 22.4. The maximum absolute atomic E-state index is 12.4. The lowest BCUT2D eigenvalue weighted by Gasteiger charge is -2.07. The lowest BCUT2D eigenvalue weighted by molar-refractivity contribution is -0.121. The fraction of sp³-hybridized carbons (Fsp3) is 0.250. The minimum absolute atomic E-state index is 0.192. The van der Waals surface area contributed by atoms with Crippen LogP contribution in [0.1, 0.15) is 25.0 Å². The second kappa shape index (κ2) is 12.4. The van der Waals surface area contributed by atoms with Crippen molar-refractivity contribution < 1.29 is 28.5 Å². The number of nitrogens with one attached hydrogen (secondary N) is 2. The third-order valence-corrected chi connectivity index (χ3v) is 8.54. The molecule has 2 N–H and O–H groups in total. The second-order valence-corrected chi connectivity index (χ2v) is 12.2. The van der Waals surface area contributed by atoms with Crippen LogP contribution in [0.3, 0.4) is 0 Å². The Morgan fingerprint density at radius 2 is 1.23 bits per heavy atom. The highest BCUT2D eigenvalue weighted by atomic mass is 32.2. The number of rotatable bonds is 10. The highest BCUT2D eigenvalue weighted by Gasteiger charge is 2.20. The van der Waals surface area contributed by atoms with Crippen molar-refractivity contribution in [1.29, 1.82) is 0 Å². The van der Waals surface area contributed by atoms with Crippen LogP contribution in [0.4, 0.5) is 0 Å². The third-order valence-electron chi connectivity index (χ3n) is 5.25. The van der Waals surface area contributed by atoms with Crippen molar-refractivity contribution in [2.75, 3.05) is 13.6 Å². The monoisotopic (exact) mass is 586 g/mol. The fourth-order valence-corrected chi connectivity index (χ4v) is 6.51. The third kappa shape index (κ3) is 6.99. The highest BCUT2D eigenvalue weighted by Crippen LogP contribution is 2.34. The molecule has 0 bridgehead atoms. The Morgan fingerprint density at radius 1 is 0.795 bits per heavy atom. The van der Waals surface area contributed by atoms with Crippen LogP contribution in [0.25, 0.3) is 0 Å². The number of hydrogen-bond donors (Lipinski definition) is 2. The van der Waals surface area contributed by atoms with E-state index in [0.29, 0.717) is 31.7 Å². The molecule has 2 aromatic carbocycles. The van der Waals surface area contributed by atoms with Crippen LogP contribution >= 0.6 is 34.9 Å². The molecule has 0 unspecified atom stereocenters. The summed E-state index contributed by atoms with van der Waals surface area (Å²) in [6, 6.07) is 10.8. The van der Waals surface area contributed by atoms with Gasteiger partial charge in [0.25, 0.3) is 11.8 Å². The first kappa shape index (κ1) is 26.8. The van der Waals surface area contributed by atoms with Gasteiger partial charge in [0.05, 0.1) is 22.9 Å². The number of thioether (sulfide) groups is 2. The minimum Gasteiger partial charge on any atom is -0.454 e. The SMILES string of the molecule is C[C@H](Sc1nnc(S[C@@H](C)C(=O)N/N=C\c2ccc3c(c2)OCO3)s1)C(=O)N/N=C\c1ccc2c(c1)OCO2. The molecule has 1 aromatic heterocycles. The molecular formula is C24H22N6O6S3. The lowest BCUT2D eigenvalue weighted by Crippen LogP contribution is -2.26. The molecule has 2 atom stereocenters. The summed E-state index contributed by atoms with van der Waals surface area (Å²) in [5.74, 6) is 2.07. The maximum atomic E-state index is 12.4. The summed E-state index contributed by atoms with van der Waals surface area (Å²) in [6.07, 6.45) is 3.06. The van der Waals surface area contributed by atoms with Crippen molar-refractivity contribution in [3.05, 3.63) is 47.5 Å². The van der Waals surface area contributed by atoms with Crippen LogP contribution in [-0.4, -0.2) is 58.5 Å². The maximum Gasteiger partial charge on any atom is 0.253 e. The molecule has 2 aliphatic rings. The van der Waals surface area contributed by atoms with Crippen LogP contribution < -0.4 is 29.8 Å². The molecule has 3 aromatic rings. The van der Waals surface area contributed by atoms with Crippen molar-refractivity contribution in [1.82, 2.24) is 21.0 Å².